The van der Waals surface area contributed by atoms with Crippen LogP contribution in [0, 0.1) is 41.4 Å². The van der Waals surface area contributed by atoms with Gasteiger partial charge in [-0.25, -0.2) is 4.98 Å². The largest absolute Gasteiger partial charge is 0.395 e. The van der Waals surface area contributed by atoms with Crippen molar-refractivity contribution in [3.63, 3.8) is 0 Å². The smallest absolute Gasteiger partial charge is 0.224 e. The minimum atomic E-state index is 0.299. The molecule has 5 saturated carbocycles. The molecule has 230 valence electrons. The number of rotatable bonds is 10. The lowest BCUT2D eigenvalue weighted by molar-refractivity contribution is -0.0735. The lowest BCUT2D eigenvalue weighted by atomic mass is 9.47. The van der Waals surface area contributed by atoms with E-state index in [1.165, 1.54) is 88.3 Å². The van der Waals surface area contributed by atoms with Crippen molar-refractivity contribution in [3.8, 4) is 6.07 Å². The Balaban J connectivity index is 0.955. The van der Waals surface area contributed by atoms with E-state index in [2.05, 4.69) is 63.1 Å². The molecule has 0 amide bonds. The topological polar surface area (TPSA) is 109 Å². The molecule has 8 heteroatoms. The zero-order valence-corrected chi connectivity index (χ0v) is 25.8. The summed E-state index contributed by atoms with van der Waals surface area (Å²) in [5.74, 6) is 3.58. The van der Waals surface area contributed by atoms with Gasteiger partial charge in [0.1, 0.15) is 17.5 Å². The van der Waals surface area contributed by atoms with Gasteiger partial charge < -0.3 is 21.1 Å². The molecule has 3 unspecified atom stereocenters. The van der Waals surface area contributed by atoms with Crippen molar-refractivity contribution < 1.29 is 5.11 Å². The summed E-state index contributed by atoms with van der Waals surface area (Å²) < 4.78 is 0. The van der Waals surface area contributed by atoms with Gasteiger partial charge >= 0.3 is 0 Å². The lowest BCUT2D eigenvalue weighted by Gasteiger charge is -2.61. The highest BCUT2D eigenvalue weighted by molar-refractivity contribution is 5.53. The van der Waals surface area contributed by atoms with Crippen LogP contribution in [0.2, 0.25) is 0 Å². The van der Waals surface area contributed by atoms with Crippen LogP contribution in [0.3, 0.4) is 0 Å². The average molecular weight is 584 g/mol. The molecule has 1 aromatic heterocycles. The molecule has 5 aliphatic carbocycles. The average Bonchev–Trinajstić information content (AvgIpc) is 3.51. The van der Waals surface area contributed by atoms with E-state index >= 15 is 0 Å². The molecule has 8 nitrogen and oxygen atoms in total. The van der Waals surface area contributed by atoms with Crippen LogP contribution >= 0.6 is 0 Å². The number of aliphatic hydroxyl groups is 1. The van der Waals surface area contributed by atoms with Crippen LogP contribution < -0.4 is 16.0 Å². The van der Waals surface area contributed by atoms with E-state index in [1.54, 1.807) is 6.20 Å². The molecule has 0 radical (unpaired) electrons. The van der Waals surface area contributed by atoms with Crippen molar-refractivity contribution >= 4 is 11.8 Å². The summed E-state index contributed by atoms with van der Waals surface area (Å²) in [6, 6.07) is 13.0. The number of aromatic nitrogens is 2. The second-order valence-electron chi connectivity index (χ2n) is 14.6. The third-order valence-electron chi connectivity index (χ3n) is 11.9. The summed E-state index contributed by atoms with van der Waals surface area (Å²) in [6.45, 7) is 5.16. The van der Waals surface area contributed by atoms with E-state index in [0.717, 1.165) is 24.3 Å². The van der Waals surface area contributed by atoms with E-state index in [0.29, 0.717) is 60.1 Å². The maximum Gasteiger partial charge on any atom is 0.224 e. The number of nitrogens with one attached hydrogen (secondary N) is 3. The number of hydrogen-bond acceptors (Lipinski definition) is 8. The van der Waals surface area contributed by atoms with Crippen molar-refractivity contribution in [1.29, 1.82) is 5.26 Å². The first kappa shape index (κ1) is 29.0. The SMILES string of the molecule is Cc1ccccc1CNc1ncc(C#N)c(NCC23CC4C[C@H](C2)C(NC2CCC(N5CCC[C@H]5CO)CC2)[C@@H](C4)C3)n1. The summed E-state index contributed by atoms with van der Waals surface area (Å²) in [6.07, 6.45) is 15.8. The molecule has 1 aromatic carbocycles. The number of aryl methyl sites for hydroxylation is 1. The van der Waals surface area contributed by atoms with E-state index in [4.69, 9.17) is 4.98 Å². The highest BCUT2D eigenvalue weighted by Gasteiger charge is 2.55. The molecule has 6 atom stereocenters. The first-order chi connectivity index (χ1) is 21.0. The fourth-order valence-corrected chi connectivity index (χ4v) is 10.00. The number of likely N-dealkylation sites (tertiary alicyclic amines) is 1. The van der Waals surface area contributed by atoms with Gasteiger partial charge in [-0.05, 0) is 118 Å². The number of hydrogen-bond donors (Lipinski definition) is 4. The van der Waals surface area contributed by atoms with Crippen LogP contribution in [0.15, 0.2) is 30.5 Å². The van der Waals surface area contributed by atoms with Crippen molar-refractivity contribution in [2.24, 2.45) is 23.2 Å². The van der Waals surface area contributed by atoms with Gasteiger partial charge in [-0.1, -0.05) is 24.3 Å². The zero-order chi connectivity index (χ0) is 29.4. The summed E-state index contributed by atoms with van der Waals surface area (Å²) >= 11 is 0. The molecule has 8 rings (SSSR count). The number of nitriles is 1. The number of benzene rings is 1. The van der Waals surface area contributed by atoms with Crippen LogP contribution in [0.5, 0.6) is 0 Å². The molecule has 2 aromatic rings. The summed E-state index contributed by atoms with van der Waals surface area (Å²) in [5, 5.41) is 30.8. The summed E-state index contributed by atoms with van der Waals surface area (Å²) in [4.78, 5) is 11.8. The Hall–Kier alpha value is -2.73. The van der Waals surface area contributed by atoms with Crippen LogP contribution in [-0.2, 0) is 6.54 Å². The van der Waals surface area contributed by atoms with Gasteiger partial charge in [0.25, 0.3) is 0 Å². The quantitative estimate of drug-likeness (QED) is 0.301. The fraction of sp³-hybridized carbons (Fsp3) is 0.686. The van der Waals surface area contributed by atoms with Crippen molar-refractivity contribution in [2.45, 2.75) is 108 Å². The lowest BCUT2D eigenvalue weighted by Crippen LogP contribution is -2.61. The molecule has 2 heterocycles. The molecule has 0 spiro atoms. The third kappa shape index (κ3) is 6.01. The van der Waals surface area contributed by atoms with Gasteiger partial charge in [-0.15, -0.1) is 0 Å². The van der Waals surface area contributed by atoms with Crippen molar-refractivity contribution in [3.05, 3.63) is 47.2 Å². The molecular formula is C35H49N7O. The van der Waals surface area contributed by atoms with Gasteiger partial charge in [0, 0.05) is 37.3 Å². The van der Waals surface area contributed by atoms with Gasteiger partial charge in [0.2, 0.25) is 5.95 Å². The molecular weight excluding hydrogens is 534 g/mol. The van der Waals surface area contributed by atoms with Crippen LogP contribution in [-0.4, -0.2) is 63.8 Å². The minimum absolute atomic E-state index is 0.299. The fourth-order valence-electron chi connectivity index (χ4n) is 10.00. The number of anilines is 2. The van der Waals surface area contributed by atoms with E-state index in [1.807, 2.05) is 0 Å². The Labute approximate surface area is 257 Å². The Kier molecular flexibility index (Phi) is 8.32. The first-order valence-electron chi connectivity index (χ1n) is 16.9. The monoisotopic (exact) mass is 583 g/mol. The normalized spacial score (nSPS) is 35.1. The maximum atomic E-state index is 9.80. The zero-order valence-electron chi connectivity index (χ0n) is 25.8. The Morgan fingerprint density at radius 1 is 1.05 bits per heavy atom. The minimum Gasteiger partial charge on any atom is -0.395 e. The van der Waals surface area contributed by atoms with Crippen LogP contribution in [0.25, 0.3) is 0 Å². The molecule has 6 fully saturated rings. The highest BCUT2D eigenvalue weighted by Crippen LogP contribution is 2.60. The Morgan fingerprint density at radius 2 is 1.84 bits per heavy atom. The molecule has 1 saturated heterocycles. The number of nitrogens with zero attached hydrogens (tertiary/aromatic N) is 4. The van der Waals surface area contributed by atoms with Gasteiger partial charge in [-0.2, -0.15) is 10.2 Å². The molecule has 43 heavy (non-hydrogen) atoms. The Bertz CT molecular complexity index is 1300. The predicted octanol–water partition coefficient (Wildman–Crippen LogP) is 5.23. The van der Waals surface area contributed by atoms with E-state index < -0.39 is 0 Å². The second-order valence-corrected chi connectivity index (χ2v) is 14.6. The summed E-state index contributed by atoms with van der Waals surface area (Å²) in [7, 11) is 0. The van der Waals surface area contributed by atoms with Crippen LogP contribution in [0.1, 0.15) is 87.3 Å². The Morgan fingerprint density at radius 3 is 2.58 bits per heavy atom. The second kappa shape index (κ2) is 12.3. The standard InChI is InChI=1S/C35H49N7O/c1-23-5-2-3-6-25(23)19-37-34-38-20-28(18-36)33(41-34)39-22-35-15-24-13-26(16-35)32(27(14-24)17-35)40-29-8-10-30(11-9-29)42-12-4-7-31(42)21-43/h2-3,5-6,20,24,26-27,29-32,40,43H,4,7-17,19,21-22H2,1H3,(H2,37,38,39,41)/t24?,26-,27+,29?,30?,31-,32?,35?/m0/s1. The third-order valence-corrected chi connectivity index (χ3v) is 11.9. The van der Waals surface area contributed by atoms with Crippen molar-refractivity contribution in [1.82, 2.24) is 20.2 Å². The first-order valence-corrected chi connectivity index (χ1v) is 16.9. The van der Waals surface area contributed by atoms with Crippen molar-refractivity contribution in [2.75, 3.05) is 30.3 Å². The van der Waals surface area contributed by atoms with Gasteiger partial charge in [0.15, 0.2) is 0 Å². The molecule has 4 bridgehead atoms. The molecule has 1 aliphatic heterocycles. The molecule has 4 N–H and O–H groups in total. The van der Waals surface area contributed by atoms with E-state index in [-0.39, 0.29) is 0 Å². The maximum absolute atomic E-state index is 9.80. The predicted molar refractivity (Wildman–Crippen MR) is 170 cm³/mol. The molecule has 6 aliphatic rings. The number of aliphatic hydroxyl groups excluding tert-OH is 1. The highest BCUT2D eigenvalue weighted by atomic mass is 16.3. The van der Waals surface area contributed by atoms with Crippen LogP contribution in [0.4, 0.5) is 11.8 Å². The van der Waals surface area contributed by atoms with Gasteiger partial charge in [0.05, 0.1) is 12.8 Å². The van der Waals surface area contributed by atoms with Gasteiger partial charge in [-0.3, -0.25) is 4.90 Å². The summed E-state index contributed by atoms with van der Waals surface area (Å²) in [5.41, 5.74) is 3.27. The van der Waals surface area contributed by atoms with E-state index in [9.17, 15) is 10.4 Å².